The first-order valence-electron chi connectivity index (χ1n) is 5.01. The van der Waals surface area contributed by atoms with Gasteiger partial charge in [-0.25, -0.2) is 0 Å². The smallest absolute Gasteiger partial charge is 0.141 e. The van der Waals surface area contributed by atoms with Crippen LogP contribution in [0.15, 0.2) is 24.3 Å². The summed E-state index contributed by atoms with van der Waals surface area (Å²) < 4.78 is 5.60. The lowest BCUT2D eigenvalue weighted by molar-refractivity contribution is 0.367. The first kappa shape index (κ1) is 9.39. The summed E-state index contributed by atoms with van der Waals surface area (Å²) in [4.78, 5) is 0. The molecule has 13 heavy (non-hydrogen) atoms. The lowest BCUT2D eigenvalue weighted by Gasteiger charge is -2.21. The van der Waals surface area contributed by atoms with E-state index in [1.807, 2.05) is 0 Å². The van der Waals surface area contributed by atoms with Crippen LogP contribution >= 0.6 is 0 Å². The van der Waals surface area contributed by atoms with E-state index in [0.717, 1.165) is 6.61 Å². The Balaban J connectivity index is 2.18. The zero-order valence-corrected chi connectivity index (χ0v) is 12.1. The van der Waals surface area contributed by atoms with Crippen LogP contribution in [0.2, 0.25) is 6.04 Å². The molecule has 0 amide bonds. The van der Waals surface area contributed by atoms with Gasteiger partial charge in [0.05, 0.1) is 8.31 Å². The summed E-state index contributed by atoms with van der Waals surface area (Å²) in [6.07, 6.45) is 0. The molecule has 1 aliphatic rings. The van der Waals surface area contributed by atoms with Crippen LogP contribution in [0.25, 0.3) is 0 Å². The predicted octanol–water partition coefficient (Wildman–Crippen LogP) is -0.876. The monoisotopic (exact) mass is 224 g/mol. The highest BCUT2D eigenvalue weighted by Gasteiger charge is 2.19. The molecule has 0 radical (unpaired) electrons. The van der Waals surface area contributed by atoms with Gasteiger partial charge < -0.3 is 4.43 Å². The van der Waals surface area contributed by atoms with Gasteiger partial charge in [-0.05, 0) is 13.0 Å². The fraction of sp³-hybridized carbons (Fsp3) is 0.333. The predicted molar refractivity (Wildman–Crippen MR) is 65.8 cm³/mol. The molecule has 0 saturated carbocycles. The number of aryl methyl sites for hydroxylation is 1. The van der Waals surface area contributed by atoms with Crippen LogP contribution in [0, 0.1) is 6.92 Å². The van der Waals surface area contributed by atoms with Gasteiger partial charge in [-0.1, -0.05) is 35.0 Å². The molecule has 1 fully saturated rings. The van der Waals surface area contributed by atoms with Crippen molar-refractivity contribution < 1.29 is 4.43 Å². The highest BCUT2D eigenvalue weighted by molar-refractivity contribution is 7.38. The summed E-state index contributed by atoms with van der Waals surface area (Å²) in [5.74, 6) is 0. The van der Waals surface area contributed by atoms with Gasteiger partial charge in [0.15, 0.2) is 0 Å². The van der Waals surface area contributed by atoms with Gasteiger partial charge in [-0.2, -0.15) is 0 Å². The first-order valence-corrected chi connectivity index (χ1v) is 14.2. The minimum absolute atomic E-state index is 0.00187. The molecule has 1 atom stereocenters. The van der Waals surface area contributed by atoms with Crippen LogP contribution in [0.1, 0.15) is 5.56 Å². The Hall–Kier alpha value is -0.169. The van der Waals surface area contributed by atoms with E-state index in [4.69, 9.17) is 4.43 Å². The second-order valence-corrected chi connectivity index (χ2v) is 18.8. The molecule has 70 valence electrons. The topological polar surface area (TPSA) is 9.23 Å². The third-order valence-corrected chi connectivity index (χ3v) is 21.4. The largest absolute Gasteiger partial charge is 0.428 e. The normalized spacial score (nSPS) is 26.7. The molecule has 1 heterocycles. The van der Waals surface area contributed by atoms with Crippen LogP contribution in [0.3, 0.4) is 0 Å². The molecule has 0 aromatic heterocycles. The van der Waals surface area contributed by atoms with Gasteiger partial charge in [-0.3, -0.25) is 0 Å². The Morgan fingerprint density at radius 3 is 2.92 bits per heavy atom. The summed E-state index contributed by atoms with van der Waals surface area (Å²) in [6, 6.07) is 10.4. The molecule has 1 saturated heterocycles. The van der Waals surface area contributed by atoms with Crippen molar-refractivity contribution in [1.82, 2.24) is 0 Å². The van der Waals surface area contributed by atoms with E-state index in [1.54, 1.807) is 10.8 Å². The minimum Gasteiger partial charge on any atom is -0.428 e. The Labute approximate surface area is 85.5 Å². The number of rotatable bonds is 1. The molecular formula is C9H16OSi3. The summed E-state index contributed by atoms with van der Waals surface area (Å²) in [5, 5.41) is 1.75. The lowest BCUT2D eigenvalue weighted by atomic mass is 10.2. The van der Waals surface area contributed by atoms with E-state index >= 15 is 0 Å². The maximum Gasteiger partial charge on any atom is 0.141 e. The second kappa shape index (κ2) is 4.36. The van der Waals surface area contributed by atoms with Gasteiger partial charge >= 0.3 is 0 Å². The van der Waals surface area contributed by atoms with Crippen LogP contribution < -0.4 is 5.19 Å². The molecule has 0 N–H and O–H groups in total. The van der Waals surface area contributed by atoms with E-state index in [2.05, 4.69) is 31.2 Å². The number of hydrogen-bond acceptors (Lipinski definition) is 1. The lowest BCUT2D eigenvalue weighted by Crippen LogP contribution is -2.45. The van der Waals surface area contributed by atoms with Crippen LogP contribution in [0.4, 0.5) is 0 Å². The number of benzene rings is 1. The van der Waals surface area contributed by atoms with Crippen LogP contribution in [-0.4, -0.2) is 32.8 Å². The molecule has 0 aliphatic carbocycles. The van der Waals surface area contributed by atoms with E-state index in [9.17, 15) is 0 Å². The molecular weight excluding hydrogens is 208 g/mol. The summed E-state index contributed by atoms with van der Waals surface area (Å²) in [7, 11) is -0.188. The molecule has 4 heteroatoms. The summed E-state index contributed by atoms with van der Waals surface area (Å²) in [6.45, 7) is 3.36. The molecule has 1 nitrogen and oxygen atoms in total. The third kappa shape index (κ3) is 2.19. The molecule has 2 rings (SSSR count). The maximum atomic E-state index is 5.60. The highest BCUT2D eigenvalue weighted by atomic mass is 29.5. The molecule has 1 aromatic carbocycles. The molecule has 1 unspecified atom stereocenters. The first-order chi connectivity index (χ1) is 6.38. The quantitative estimate of drug-likeness (QED) is 0.563. The van der Waals surface area contributed by atoms with Crippen molar-refractivity contribution in [3.63, 3.8) is 0 Å². The SMILES string of the molecule is Cc1ccccc1[SiH]1CCO[SiH2][SiH2]1. The zero-order chi connectivity index (χ0) is 9.10. The van der Waals surface area contributed by atoms with E-state index in [1.165, 1.54) is 6.04 Å². The minimum atomic E-state index is -0.448. The molecule has 1 aliphatic heterocycles. The van der Waals surface area contributed by atoms with Crippen molar-refractivity contribution in [1.29, 1.82) is 0 Å². The second-order valence-electron chi connectivity index (χ2n) is 3.74. The van der Waals surface area contributed by atoms with Gasteiger partial charge in [0.1, 0.15) is 9.28 Å². The average Bonchev–Trinajstić information content (AvgIpc) is 2.20. The van der Waals surface area contributed by atoms with Gasteiger partial charge in [0, 0.05) is 15.2 Å². The average molecular weight is 224 g/mol. The summed E-state index contributed by atoms with van der Waals surface area (Å²) in [5.41, 5.74) is 1.54. The van der Waals surface area contributed by atoms with Crippen molar-refractivity contribution in [2.75, 3.05) is 6.61 Å². The van der Waals surface area contributed by atoms with E-state index in [0.29, 0.717) is 0 Å². The Morgan fingerprint density at radius 2 is 2.23 bits per heavy atom. The fourth-order valence-electron chi connectivity index (χ4n) is 2.05. The van der Waals surface area contributed by atoms with E-state index in [-0.39, 0.29) is 17.8 Å². The Kier molecular flexibility index (Phi) is 3.15. The van der Waals surface area contributed by atoms with Crippen molar-refractivity contribution in [2.45, 2.75) is 13.0 Å². The Bertz CT molecular complexity index is 284. The van der Waals surface area contributed by atoms with Crippen molar-refractivity contribution in [3.05, 3.63) is 29.8 Å². The van der Waals surface area contributed by atoms with Gasteiger partial charge in [0.2, 0.25) is 0 Å². The standard InChI is InChI=1S/C9H16OSi3/c1-8-4-2-3-5-9(8)13-7-6-10-11-12-13/h2-5,13H,6-7,11-12H2,1H3. The van der Waals surface area contributed by atoms with Crippen LogP contribution in [0.5, 0.6) is 0 Å². The molecule has 1 aromatic rings. The van der Waals surface area contributed by atoms with Gasteiger partial charge in [-0.15, -0.1) is 0 Å². The molecule has 0 spiro atoms. The molecule has 0 bridgehead atoms. The maximum absolute atomic E-state index is 5.60. The number of hydrogen-bond donors (Lipinski definition) is 0. The highest BCUT2D eigenvalue weighted by Crippen LogP contribution is 2.02. The van der Waals surface area contributed by atoms with Crippen molar-refractivity contribution >= 4 is 31.3 Å². The summed E-state index contributed by atoms with van der Waals surface area (Å²) >= 11 is 0. The van der Waals surface area contributed by atoms with E-state index < -0.39 is 8.31 Å². The third-order valence-electron chi connectivity index (χ3n) is 2.85. The van der Waals surface area contributed by atoms with Crippen molar-refractivity contribution in [3.8, 4) is 0 Å². The van der Waals surface area contributed by atoms with Gasteiger partial charge in [0.25, 0.3) is 0 Å². The zero-order valence-electron chi connectivity index (χ0n) is 8.12. The van der Waals surface area contributed by atoms with Crippen molar-refractivity contribution in [2.24, 2.45) is 0 Å². The Morgan fingerprint density at radius 1 is 1.38 bits per heavy atom. The van der Waals surface area contributed by atoms with Crippen LogP contribution in [-0.2, 0) is 4.43 Å². The fourth-order valence-corrected chi connectivity index (χ4v) is 20.8.